The van der Waals surface area contributed by atoms with E-state index in [1.165, 1.54) is 11.7 Å². The van der Waals surface area contributed by atoms with Crippen LogP contribution in [0.25, 0.3) is 10.9 Å². The number of nitrogens with two attached hydrogens (primary N) is 1. The zero-order chi connectivity index (χ0) is 16.2. The Morgan fingerprint density at radius 2 is 2.18 bits per heavy atom. The van der Waals surface area contributed by atoms with Crippen molar-refractivity contribution in [1.29, 1.82) is 0 Å². The number of fused-ring (bicyclic) bond motifs is 1. The number of rotatable bonds is 3. The molecule has 0 radical (unpaired) electrons. The van der Waals surface area contributed by atoms with E-state index in [1.807, 2.05) is 0 Å². The van der Waals surface area contributed by atoms with Gasteiger partial charge in [-0.3, -0.25) is 4.79 Å². The summed E-state index contributed by atoms with van der Waals surface area (Å²) in [5.74, 6) is -2.53. The zero-order valence-electron chi connectivity index (χ0n) is 11.5. The lowest BCUT2D eigenvalue weighted by Crippen LogP contribution is -2.20. The number of alkyl halides is 1. The van der Waals surface area contributed by atoms with E-state index in [4.69, 9.17) is 15.6 Å². The van der Waals surface area contributed by atoms with Gasteiger partial charge in [0.15, 0.2) is 11.6 Å². The van der Waals surface area contributed by atoms with E-state index in [-0.39, 0.29) is 28.8 Å². The lowest BCUT2D eigenvalue weighted by Gasteiger charge is -2.16. The summed E-state index contributed by atoms with van der Waals surface area (Å²) in [6, 6.07) is 0.217. The predicted octanol–water partition coefficient (Wildman–Crippen LogP) is 1.71. The molecule has 0 spiro atoms. The number of hydrogen-bond donors (Lipinski definition) is 2. The number of aromatic carboxylic acids is 1. The zero-order valence-corrected chi connectivity index (χ0v) is 11.5. The summed E-state index contributed by atoms with van der Waals surface area (Å²) in [4.78, 5) is 23.5. The molecule has 3 rings (SSSR count). The first-order valence-corrected chi connectivity index (χ1v) is 6.45. The number of halogens is 2. The van der Waals surface area contributed by atoms with Gasteiger partial charge in [-0.15, -0.1) is 0 Å². The number of carboxylic acid groups (broad SMARTS) is 1. The van der Waals surface area contributed by atoms with Gasteiger partial charge in [-0.25, -0.2) is 13.6 Å². The van der Waals surface area contributed by atoms with Gasteiger partial charge in [0.2, 0.25) is 5.43 Å². The minimum atomic E-state index is -1.46. The smallest absolute Gasteiger partial charge is 0.341 e. The molecule has 0 aliphatic heterocycles. The summed E-state index contributed by atoms with van der Waals surface area (Å²) >= 11 is 0. The van der Waals surface area contributed by atoms with Gasteiger partial charge in [0.1, 0.15) is 17.3 Å². The quantitative estimate of drug-likeness (QED) is 0.842. The fourth-order valence-electron chi connectivity index (χ4n) is 2.57. The Hall–Kier alpha value is -2.64. The lowest BCUT2D eigenvalue weighted by molar-refractivity contribution is 0.0694. The van der Waals surface area contributed by atoms with Crippen LogP contribution in [-0.4, -0.2) is 28.9 Å². The van der Waals surface area contributed by atoms with Crippen molar-refractivity contribution in [3.8, 4) is 5.75 Å². The highest BCUT2D eigenvalue weighted by Gasteiger charge is 2.41. The summed E-state index contributed by atoms with van der Waals surface area (Å²) in [6.07, 6.45) is -0.0311. The van der Waals surface area contributed by atoms with E-state index in [1.54, 1.807) is 0 Å². The van der Waals surface area contributed by atoms with Crippen molar-refractivity contribution in [1.82, 2.24) is 4.57 Å². The third-order valence-electron chi connectivity index (χ3n) is 3.71. The Kier molecular flexibility index (Phi) is 3.05. The highest BCUT2D eigenvalue weighted by atomic mass is 19.1. The molecule has 1 aromatic heterocycles. The molecular weight excluding hydrogens is 298 g/mol. The van der Waals surface area contributed by atoms with Crippen LogP contribution in [0.15, 0.2) is 17.1 Å². The number of methoxy groups -OCH3 is 1. The Morgan fingerprint density at radius 1 is 1.55 bits per heavy atom. The molecule has 1 aromatic carbocycles. The van der Waals surface area contributed by atoms with Gasteiger partial charge in [-0.2, -0.15) is 0 Å². The number of anilines is 1. The molecule has 22 heavy (non-hydrogen) atoms. The molecule has 1 aliphatic rings. The van der Waals surface area contributed by atoms with Crippen LogP contribution in [0.1, 0.15) is 22.8 Å². The van der Waals surface area contributed by atoms with Gasteiger partial charge in [-0.05, 0) is 0 Å². The average Bonchev–Trinajstić information content (AvgIpc) is 3.15. The molecule has 0 amide bonds. The van der Waals surface area contributed by atoms with Gasteiger partial charge < -0.3 is 20.1 Å². The molecule has 6 nitrogen and oxygen atoms in total. The standard InChI is InChI=1S/C14H12F2N2O4/c1-22-13-7(16)2-8(17)10-11(13)18(9-3-6(9)15)4-5(12(10)19)14(20)21/h2,4,6,9H,3,17H2,1H3,(H,20,21)/t6-,9+/m0/s1. The van der Waals surface area contributed by atoms with Crippen LogP contribution in [0.2, 0.25) is 0 Å². The Balaban J connectivity index is 2.52. The van der Waals surface area contributed by atoms with Crippen molar-refractivity contribution in [2.24, 2.45) is 0 Å². The van der Waals surface area contributed by atoms with E-state index in [0.717, 1.165) is 12.3 Å². The molecule has 116 valence electrons. The van der Waals surface area contributed by atoms with Crippen LogP contribution in [-0.2, 0) is 0 Å². The fourth-order valence-corrected chi connectivity index (χ4v) is 2.57. The first kappa shape index (κ1) is 14.3. The maximum atomic E-state index is 14.0. The minimum absolute atomic E-state index is 0.0276. The number of nitrogen functional groups attached to an aromatic ring is 1. The van der Waals surface area contributed by atoms with Crippen LogP contribution >= 0.6 is 0 Å². The largest absolute Gasteiger partial charge is 0.492 e. The maximum absolute atomic E-state index is 14.0. The number of carbonyl (C=O) groups is 1. The Morgan fingerprint density at radius 3 is 2.68 bits per heavy atom. The van der Waals surface area contributed by atoms with Crippen LogP contribution < -0.4 is 15.9 Å². The number of nitrogens with zero attached hydrogens (tertiary/aromatic N) is 1. The average molecular weight is 310 g/mol. The molecule has 2 aromatic rings. The second-order valence-electron chi connectivity index (χ2n) is 5.11. The van der Waals surface area contributed by atoms with Crippen molar-refractivity contribution < 1.29 is 23.4 Å². The molecule has 0 saturated heterocycles. The number of ether oxygens (including phenoxy) is 1. The molecule has 2 atom stereocenters. The SMILES string of the molecule is COc1c(F)cc(N)c2c(=O)c(C(=O)O)cn([C@@H]3C[C@@H]3F)c12. The number of pyridine rings is 1. The molecule has 1 saturated carbocycles. The van der Waals surface area contributed by atoms with Crippen LogP contribution in [0.3, 0.4) is 0 Å². The summed E-state index contributed by atoms with van der Waals surface area (Å²) in [5, 5.41) is 8.95. The van der Waals surface area contributed by atoms with E-state index in [2.05, 4.69) is 0 Å². The van der Waals surface area contributed by atoms with Crippen molar-refractivity contribution in [3.63, 3.8) is 0 Å². The molecular formula is C14H12F2N2O4. The second-order valence-corrected chi connectivity index (χ2v) is 5.11. The minimum Gasteiger partial charge on any atom is -0.492 e. The number of hydrogen-bond acceptors (Lipinski definition) is 4. The van der Waals surface area contributed by atoms with E-state index in [0.29, 0.717) is 0 Å². The van der Waals surface area contributed by atoms with E-state index < -0.39 is 35.0 Å². The molecule has 1 aliphatic carbocycles. The molecule has 1 fully saturated rings. The molecule has 1 heterocycles. The van der Waals surface area contributed by atoms with Crippen LogP contribution in [0, 0.1) is 5.82 Å². The Labute approximate surface area is 122 Å². The molecule has 8 heteroatoms. The topological polar surface area (TPSA) is 94.6 Å². The summed E-state index contributed by atoms with van der Waals surface area (Å²) in [6.45, 7) is 0. The van der Waals surface area contributed by atoms with Crippen molar-refractivity contribution >= 4 is 22.6 Å². The first-order chi connectivity index (χ1) is 10.4. The third kappa shape index (κ3) is 1.91. The fraction of sp³-hybridized carbons (Fsp3) is 0.286. The molecule has 3 N–H and O–H groups in total. The van der Waals surface area contributed by atoms with Crippen LogP contribution in [0.4, 0.5) is 14.5 Å². The summed E-state index contributed by atoms with van der Waals surface area (Å²) in [5.41, 5.74) is 4.03. The highest BCUT2D eigenvalue weighted by Crippen LogP contribution is 2.43. The number of aromatic nitrogens is 1. The van der Waals surface area contributed by atoms with Gasteiger partial charge >= 0.3 is 5.97 Å². The van der Waals surface area contributed by atoms with Gasteiger partial charge in [0.05, 0.1) is 18.5 Å². The molecule has 0 unspecified atom stereocenters. The van der Waals surface area contributed by atoms with E-state index in [9.17, 15) is 18.4 Å². The van der Waals surface area contributed by atoms with Gasteiger partial charge in [-0.1, -0.05) is 0 Å². The maximum Gasteiger partial charge on any atom is 0.341 e. The monoisotopic (exact) mass is 310 g/mol. The lowest BCUT2D eigenvalue weighted by atomic mass is 10.1. The first-order valence-electron chi connectivity index (χ1n) is 6.45. The number of carboxylic acids is 1. The van der Waals surface area contributed by atoms with E-state index >= 15 is 0 Å². The van der Waals surface area contributed by atoms with Crippen LogP contribution in [0.5, 0.6) is 5.75 Å². The van der Waals surface area contributed by atoms with Gasteiger partial charge in [0.25, 0.3) is 0 Å². The second kappa shape index (κ2) is 4.69. The highest BCUT2D eigenvalue weighted by molar-refractivity contribution is 5.99. The normalized spacial score (nSPS) is 20.1. The van der Waals surface area contributed by atoms with Crippen molar-refractivity contribution in [3.05, 3.63) is 33.9 Å². The van der Waals surface area contributed by atoms with Crippen molar-refractivity contribution in [2.45, 2.75) is 18.6 Å². The Bertz CT molecular complexity index is 862. The summed E-state index contributed by atoms with van der Waals surface area (Å²) < 4.78 is 33.6. The number of benzene rings is 1. The molecule has 0 bridgehead atoms. The van der Waals surface area contributed by atoms with Crippen molar-refractivity contribution in [2.75, 3.05) is 12.8 Å². The third-order valence-corrected chi connectivity index (χ3v) is 3.71. The summed E-state index contributed by atoms with van der Waals surface area (Å²) in [7, 11) is 1.20. The predicted molar refractivity (Wildman–Crippen MR) is 74.6 cm³/mol. The van der Waals surface area contributed by atoms with Gasteiger partial charge in [0, 0.05) is 24.4 Å².